The quantitative estimate of drug-likeness (QED) is 0.710. The Bertz CT molecular complexity index is 533. The highest BCUT2D eigenvalue weighted by atomic mass is 32.2. The maximum absolute atomic E-state index is 11.3. The number of ether oxygens (including phenoxy) is 1. The van der Waals surface area contributed by atoms with Crippen LogP contribution < -0.4 is 21.1 Å². The molecule has 104 valence electrons. The largest absolute Gasteiger partial charge is 0.482 e. The molecule has 2 atom stereocenters. The molecule has 0 radical (unpaired) electrons. The van der Waals surface area contributed by atoms with E-state index in [0.717, 1.165) is 0 Å². The van der Waals surface area contributed by atoms with Crippen LogP contribution in [-0.4, -0.2) is 34.8 Å². The molecule has 0 saturated carbocycles. The highest BCUT2D eigenvalue weighted by Gasteiger charge is 2.18. The summed E-state index contributed by atoms with van der Waals surface area (Å²) in [5.41, 5.74) is 7.75. The van der Waals surface area contributed by atoms with Gasteiger partial charge in [-0.1, -0.05) is 0 Å². The molecule has 0 aliphatic carbocycles. The third-order valence-electron chi connectivity index (χ3n) is 2.67. The zero-order chi connectivity index (χ0) is 14.0. The minimum Gasteiger partial charge on any atom is -0.482 e. The maximum Gasteiger partial charge on any atom is 0.262 e. The Morgan fingerprint density at radius 3 is 3.00 bits per heavy atom. The maximum atomic E-state index is 11.3. The van der Waals surface area contributed by atoms with Gasteiger partial charge in [0.05, 0.1) is 17.1 Å². The van der Waals surface area contributed by atoms with Gasteiger partial charge in [-0.25, -0.2) is 0 Å². The summed E-state index contributed by atoms with van der Waals surface area (Å²) >= 11 is 0. The average molecular weight is 283 g/mol. The second-order valence-corrected chi connectivity index (χ2v) is 6.04. The van der Waals surface area contributed by atoms with Gasteiger partial charge in [0.1, 0.15) is 5.75 Å². The number of fused-ring (bicyclic) bond motifs is 1. The Morgan fingerprint density at radius 2 is 2.32 bits per heavy atom. The van der Waals surface area contributed by atoms with Crippen molar-refractivity contribution in [1.82, 2.24) is 0 Å². The van der Waals surface area contributed by atoms with Crippen molar-refractivity contribution in [3.8, 4) is 5.75 Å². The van der Waals surface area contributed by atoms with Gasteiger partial charge >= 0.3 is 0 Å². The minimum absolute atomic E-state index is 0.00440. The molecule has 0 spiro atoms. The van der Waals surface area contributed by atoms with Gasteiger partial charge in [-0.2, -0.15) is 0 Å². The fourth-order valence-electron chi connectivity index (χ4n) is 1.93. The second-order valence-electron chi connectivity index (χ2n) is 4.56. The Morgan fingerprint density at radius 1 is 1.58 bits per heavy atom. The van der Waals surface area contributed by atoms with E-state index in [1.165, 1.54) is 0 Å². The Kier molecular flexibility index (Phi) is 3.94. The first-order valence-corrected chi connectivity index (χ1v) is 7.61. The fourth-order valence-corrected chi connectivity index (χ4v) is 2.71. The van der Waals surface area contributed by atoms with Gasteiger partial charge in [0.15, 0.2) is 6.61 Å². The van der Waals surface area contributed by atoms with E-state index in [4.69, 9.17) is 10.5 Å². The first-order chi connectivity index (χ1) is 8.95. The number of anilines is 3. The van der Waals surface area contributed by atoms with Crippen molar-refractivity contribution < 1.29 is 13.7 Å². The molecular weight excluding hydrogens is 266 g/mol. The van der Waals surface area contributed by atoms with E-state index in [9.17, 15) is 9.00 Å². The van der Waals surface area contributed by atoms with Crippen molar-refractivity contribution in [1.29, 1.82) is 0 Å². The van der Waals surface area contributed by atoms with Crippen molar-refractivity contribution in [3.05, 3.63) is 12.1 Å². The van der Waals surface area contributed by atoms with Gasteiger partial charge < -0.3 is 21.1 Å². The number of hydrogen-bond acceptors (Lipinski definition) is 5. The standard InChI is InChI=1S/C12H17N3O3S/c1-7(6-19(2)17)14-9-4-10-11(3-8(9)13)18-5-12(16)15-10/h3-4,7,14H,5-6,13H2,1-2H3,(H,15,16). The van der Waals surface area contributed by atoms with Crippen LogP contribution in [0.15, 0.2) is 12.1 Å². The number of benzene rings is 1. The van der Waals surface area contributed by atoms with E-state index in [1.54, 1.807) is 18.4 Å². The van der Waals surface area contributed by atoms with Crippen molar-refractivity contribution in [2.24, 2.45) is 0 Å². The summed E-state index contributed by atoms with van der Waals surface area (Å²) in [6.45, 7) is 1.93. The molecule has 1 aliphatic heterocycles. The summed E-state index contributed by atoms with van der Waals surface area (Å²) < 4.78 is 16.4. The molecular formula is C12H17N3O3S. The van der Waals surface area contributed by atoms with Crippen molar-refractivity contribution in [2.75, 3.05) is 35.0 Å². The molecule has 0 fully saturated rings. The molecule has 2 rings (SSSR count). The van der Waals surface area contributed by atoms with E-state index in [0.29, 0.717) is 28.6 Å². The topological polar surface area (TPSA) is 93.5 Å². The van der Waals surface area contributed by atoms with Gasteiger partial charge in [0.2, 0.25) is 0 Å². The Labute approximate surface area is 114 Å². The van der Waals surface area contributed by atoms with Crippen LogP contribution in [0.25, 0.3) is 0 Å². The van der Waals surface area contributed by atoms with Gasteiger partial charge in [0.25, 0.3) is 5.91 Å². The van der Waals surface area contributed by atoms with Crippen LogP contribution in [0.1, 0.15) is 6.92 Å². The van der Waals surface area contributed by atoms with Crippen LogP contribution in [0.4, 0.5) is 17.1 Å². The molecule has 1 amide bonds. The van der Waals surface area contributed by atoms with Crippen LogP contribution >= 0.6 is 0 Å². The van der Waals surface area contributed by atoms with Crippen molar-refractivity contribution in [3.63, 3.8) is 0 Å². The van der Waals surface area contributed by atoms with Gasteiger partial charge in [-0.3, -0.25) is 9.00 Å². The molecule has 19 heavy (non-hydrogen) atoms. The predicted molar refractivity (Wildman–Crippen MR) is 77.0 cm³/mol. The molecule has 4 N–H and O–H groups in total. The summed E-state index contributed by atoms with van der Waals surface area (Å²) in [4.78, 5) is 11.3. The molecule has 1 aromatic rings. The van der Waals surface area contributed by atoms with E-state index >= 15 is 0 Å². The summed E-state index contributed by atoms with van der Waals surface area (Å²) in [7, 11) is -0.881. The van der Waals surface area contributed by atoms with Gasteiger partial charge in [-0.05, 0) is 13.0 Å². The van der Waals surface area contributed by atoms with E-state index in [1.807, 2.05) is 6.92 Å². The number of nitrogens with one attached hydrogen (secondary N) is 2. The fraction of sp³-hybridized carbons (Fsp3) is 0.417. The normalized spacial score (nSPS) is 16.8. The molecule has 7 heteroatoms. The number of hydrogen-bond donors (Lipinski definition) is 3. The third-order valence-corrected chi connectivity index (χ3v) is 3.64. The van der Waals surface area contributed by atoms with Crippen LogP contribution in [-0.2, 0) is 15.6 Å². The lowest BCUT2D eigenvalue weighted by molar-refractivity contribution is -0.118. The SMILES string of the molecule is CC(CS(C)=O)Nc1cc2c(cc1N)OCC(=O)N2. The van der Waals surface area contributed by atoms with Crippen LogP contribution in [0.3, 0.4) is 0 Å². The zero-order valence-electron chi connectivity index (χ0n) is 10.9. The number of carbonyl (C=O) groups is 1. The molecule has 2 unspecified atom stereocenters. The lowest BCUT2D eigenvalue weighted by atomic mass is 10.2. The number of rotatable bonds is 4. The monoisotopic (exact) mass is 283 g/mol. The van der Waals surface area contributed by atoms with Crippen molar-refractivity contribution >= 4 is 33.8 Å². The number of carbonyl (C=O) groups excluding carboxylic acids is 1. The highest BCUT2D eigenvalue weighted by Crippen LogP contribution is 2.35. The predicted octanol–water partition coefficient (Wildman–Crippen LogP) is 0.779. The molecule has 6 nitrogen and oxygen atoms in total. The lowest BCUT2D eigenvalue weighted by Gasteiger charge is -2.22. The van der Waals surface area contributed by atoms with E-state index in [-0.39, 0.29) is 18.6 Å². The van der Waals surface area contributed by atoms with Crippen molar-refractivity contribution in [2.45, 2.75) is 13.0 Å². The Hall–Kier alpha value is -1.76. The summed E-state index contributed by atoms with van der Waals surface area (Å²) in [6.07, 6.45) is 1.66. The van der Waals surface area contributed by atoms with E-state index < -0.39 is 10.8 Å². The molecule has 0 aromatic heterocycles. The highest BCUT2D eigenvalue weighted by molar-refractivity contribution is 7.84. The second kappa shape index (κ2) is 5.48. The number of nitrogens with two attached hydrogens (primary N) is 1. The third kappa shape index (κ3) is 3.37. The zero-order valence-corrected chi connectivity index (χ0v) is 11.7. The van der Waals surface area contributed by atoms with E-state index in [2.05, 4.69) is 10.6 Å². The molecule has 1 heterocycles. The summed E-state index contributed by atoms with van der Waals surface area (Å²) in [5, 5.41) is 5.90. The van der Waals surface area contributed by atoms with Gasteiger partial charge in [-0.15, -0.1) is 0 Å². The van der Waals surface area contributed by atoms with Gasteiger partial charge in [0, 0.05) is 34.9 Å². The van der Waals surface area contributed by atoms with Crippen LogP contribution in [0, 0.1) is 0 Å². The molecule has 0 bridgehead atoms. The first-order valence-electron chi connectivity index (χ1n) is 5.88. The summed E-state index contributed by atoms with van der Waals surface area (Å²) in [5.74, 6) is 0.902. The average Bonchev–Trinajstić information content (AvgIpc) is 2.29. The minimum atomic E-state index is -0.881. The number of amides is 1. The van der Waals surface area contributed by atoms with Crippen LogP contribution in [0.5, 0.6) is 5.75 Å². The molecule has 1 aromatic carbocycles. The Balaban J connectivity index is 2.19. The molecule has 1 aliphatic rings. The first kappa shape index (κ1) is 13.7. The summed E-state index contributed by atoms with van der Waals surface area (Å²) in [6, 6.07) is 3.43. The number of nitrogen functional groups attached to an aromatic ring is 1. The lowest BCUT2D eigenvalue weighted by Crippen LogP contribution is -2.26. The molecule has 0 saturated heterocycles. The van der Waals surface area contributed by atoms with Crippen LogP contribution in [0.2, 0.25) is 0 Å². The smallest absolute Gasteiger partial charge is 0.262 e.